The van der Waals surface area contributed by atoms with E-state index < -0.39 is 78.6 Å². The highest BCUT2D eigenvalue weighted by molar-refractivity contribution is 6.24. The van der Waals surface area contributed by atoms with Crippen LogP contribution >= 0.6 is 0 Å². The Bertz CT molecular complexity index is 3510. The molecule has 0 aliphatic heterocycles. The van der Waals surface area contributed by atoms with Crippen LogP contribution in [0.1, 0.15) is 17.8 Å². The Balaban J connectivity index is 1.43. The molecule has 9 aromatic carbocycles. The summed E-state index contributed by atoms with van der Waals surface area (Å²) in [4.78, 5) is 0. The maximum atomic E-state index is 9.55. The zero-order valence-corrected chi connectivity index (χ0v) is 25.7. The van der Waals surface area contributed by atoms with Crippen molar-refractivity contribution in [2.45, 2.75) is 0 Å². The lowest BCUT2D eigenvalue weighted by Crippen LogP contribution is -1.93. The molecule has 228 valence electrons. The predicted molar refractivity (Wildman–Crippen MR) is 208 cm³/mol. The second-order valence-electron chi connectivity index (χ2n) is 11.8. The average molecular weight is 636 g/mol. The fourth-order valence-corrected chi connectivity index (χ4v) is 7.05. The van der Waals surface area contributed by atoms with Crippen LogP contribution in [0, 0.1) is 0 Å². The first kappa shape index (κ1) is 17.6. The number of benzene rings is 9. The lowest BCUT2D eigenvalue weighted by Gasteiger charge is -2.21. The van der Waals surface area contributed by atoms with Gasteiger partial charge in [-0.3, -0.25) is 0 Å². The second kappa shape index (κ2) is 11.1. The summed E-state index contributed by atoms with van der Waals surface area (Å²) in [7, 11) is 0. The molecule has 0 radical (unpaired) electrons. The molecule has 0 atom stereocenters. The minimum absolute atomic E-state index is 0.00680. The van der Waals surface area contributed by atoms with Gasteiger partial charge in [0, 0.05) is 10.8 Å². The van der Waals surface area contributed by atoms with Gasteiger partial charge in [-0.2, -0.15) is 0 Å². The summed E-state index contributed by atoms with van der Waals surface area (Å²) < 4.78 is 124. The van der Waals surface area contributed by atoms with Crippen LogP contribution in [0.3, 0.4) is 0 Å². The lowest BCUT2D eigenvalue weighted by molar-refractivity contribution is 0.669. The molecule has 49 heavy (non-hydrogen) atoms. The summed E-state index contributed by atoms with van der Waals surface area (Å²) >= 11 is 0. The molecule has 0 bridgehead atoms. The molecule has 0 spiro atoms. The molecule has 1 aromatic heterocycles. The Hall–Kier alpha value is -6.44. The van der Waals surface area contributed by atoms with Gasteiger partial charge in [-0.1, -0.05) is 157 Å². The van der Waals surface area contributed by atoms with Crippen molar-refractivity contribution in [3.05, 3.63) is 182 Å². The van der Waals surface area contributed by atoms with E-state index in [1.54, 1.807) is 54.6 Å². The third kappa shape index (κ3) is 4.40. The van der Waals surface area contributed by atoms with Crippen molar-refractivity contribution in [2.24, 2.45) is 0 Å². The van der Waals surface area contributed by atoms with Crippen LogP contribution in [0.5, 0.6) is 0 Å². The van der Waals surface area contributed by atoms with E-state index >= 15 is 0 Å². The maximum Gasteiger partial charge on any atom is 0.135 e. The van der Waals surface area contributed by atoms with Gasteiger partial charge < -0.3 is 4.42 Å². The fourth-order valence-electron chi connectivity index (χ4n) is 7.05. The summed E-state index contributed by atoms with van der Waals surface area (Å²) in [6.45, 7) is 0. The average Bonchev–Trinajstić information content (AvgIpc) is 3.66. The molecule has 0 amide bonds. The van der Waals surface area contributed by atoms with Gasteiger partial charge in [0.1, 0.15) is 11.2 Å². The molecule has 1 nitrogen and oxygen atoms in total. The summed E-state index contributed by atoms with van der Waals surface area (Å²) in [6.07, 6.45) is 0. The Morgan fingerprint density at radius 1 is 0.347 bits per heavy atom. The van der Waals surface area contributed by atoms with Gasteiger partial charge in [-0.15, -0.1) is 0 Å². The molecule has 0 aliphatic rings. The smallest absolute Gasteiger partial charge is 0.135 e. The zero-order chi connectivity index (χ0) is 43.6. The number of hydrogen-bond acceptors (Lipinski definition) is 1. The van der Waals surface area contributed by atoms with E-state index in [0.717, 1.165) is 16.5 Å². The van der Waals surface area contributed by atoms with E-state index in [-0.39, 0.29) is 49.4 Å². The highest BCUT2D eigenvalue weighted by Gasteiger charge is 2.21. The highest BCUT2D eigenvalue weighted by atomic mass is 16.3. The van der Waals surface area contributed by atoms with Crippen molar-refractivity contribution in [3.63, 3.8) is 0 Å². The topological polar surface area (TPSA) is 13.1 Å². The van der Waals surface area contributed by atoms with Gasteiger partial charge in [0.05, 0.1) is 17.8 Å². The predicted octanol–water partition coefficient (Wildman–Crippen LogP) is 13.7. The highest BCUT2D eigenvalue weighted by Crippen LogP contribution is 2.48. The molecule has 10 rings (SSSR count). The Kier molecular flexibility index (Phi) is 3.99. The lowest BCUT2D eigenvalue weighted by atomic mass is 9.82. The first-order valence-electron chi connectivity index (χ1n) is 22.3. The van der Waals surface area contributed by atoms with Crippen molar-refractivity contribution in [3.8, 4) is 44.5 Å². The van der Waals surface area contributed by atoms with Crippen molar-refractivity contribution in [1.29, 1.82) is 0 Å². The quantitative estimate of drug-likeness (QED) is 0.175. The summed E-state index contributed by atoms with van der Waals surface area (Å²) in [5, 5.41) is 2.30. The molecule has 0 saturated heterocycles. The normalized spacial score (nSPS) is 15.4. The van der Waals surface area contributed by atoms with Crippen LogP contribution in [0.25, 0.3) is 98.8 Å². The van der Waals surface area contributed by atoms with E-state index in [1.165, 1.54) is 0 Å². The van der Waals surface area contributed by atoms with Gasteiger partial charge in [0.2, 0.25) is 0 Å². The molecular weight excluding hydrogens is 593 g/mol. The molecule has 0 unspecified atom stereocenters. The van der Waals surface area contributed by atoms with Crippen LogP contribution < -0.4 is 0 Å². The minimum Gasteiger partial charge on any atom is -0.456 e. The number of fused-ring (bicyclic) bond motifs is 6. The summed E-state index contributed by atoms with van der Waals surface area (Å²) in [5.41, 5.74) is 3.67. The van der Waals surface area contributed by atoms with Crippen LogP contribution in [0.2, 0.25) is 0 Å². The first-order chi connectivity index (χ1) is 29.7. The zero-order valence-electron chi connectivity index (χ0n) is 38.7. The Morgan fingerprint density at radius 3 is 1.61 bits per heavy atom. The van der Waals surface area contributed by atoms with Crippen molar-refractivity contribution >= 4 is 54.3 Å². The minimum atomic E-state index is -0.604. The van der Waals surface area contributed by atoms with Crippen LogP contribution in [0.15, 0.2) is 186 Å². The molecule has 0 fully saturated rings. The molecule has 1 heterocycles. The van der Waals surface area contributed by atoms with Gasteiger partial charge in [-0.05, 0) is 101 Å². The second-order valence-corrected chi connectivity index (χ2v) is 11.8. The molecule has 10 aromatic rings. The molecule has 0 N–H and O–H groups in total. The van der Waals surface area contributed by atoms with Crippen LogP contribution in [0.4, 0.5) is 0 Å². The Morgan fingerprint density at radius 2 is 0.918 bits per heavy atom. The van der Waals surface area contributed by atoms with Crippen molar-refractivity contribution in [2.75, 3.05) is 0 Å². The van der Waals surface area contributed by atoms with Gasteiger partial charge >= 0.3 is 0 Å². The number of rotatable bonds is 4. The molecule has 1 heteroatoms. The monoisotopic (exact) mass is 635 g/mol. The molecule has 0 aliphatic carbocycles. The van der Waals surface area contributed by atoms with E-state index in [9.17, 15) is 5.48 Å². The van der Waals surface area contributed by atoms with Crippen molar-refractivity contribution < 1.29 is 22.2 Å². The van der Waals surface area contributed by atoms with E-state index in [2.05, 4.69) is 0 Å². The van der Waals surface area contributed by atoms with Crippen molar-refractivity contribution in [1.82, 2.24) is 0 Å². The van der Waals surface area contributed by atoms with E-state index in [1.807, 2.05) is 48.5 Å². The fraction of sp³-hybridized carbons (Fsp3) is 0. The SMILES string of the molecule is [2H]c1c([2H])c([2H])c(-c2c(-c3c4c([2H])c([2H])c([2H])c([2H])c4c(-c4ccc5oc6ccc(-c7ccccc7)cc6c5c4)c4c([2H])c([2H])c([2H])c([2H])c34)ccc3ccccc23)c([2H])c1[2H]. The van der Waals surface area contributed by atoms with Gasteiger partial charge in [0.25, 0.3) is 0 Å². The molecule has 0 saturated carbocycles. The Labute approximate surface area is 302 Å². The van der Waals surface area contributed by atoms with Crippen LogP contribution in [-0.4, -0.2) is 0 Å². The third-order valence-electron chi connectivity index (χ3n) is 9.19. The summed E-state index contributed by atoms with van der Waals surface area (Å²) in [5.74, 6) is 0. The maximum absolute atomic E-state index is 9.55. The number of hydrogen-bond donors (Lipinski definition) is 0. The van der Waals surface area contributed by atoms with Crippen LogP contribution in [-0.2, 0) is 0 Å². The largest absolute Gasteiger partial charge is 0.456 e. The van der Waals surface area contributed by atoms with Gasteiger partial charge in [0.15, 0.2) is 0 Å². The van der Waals surface area contributed by atoms with E-state index in [4.69, 9.17) is 16.8 Å². The molecular formula is C48H30O. The first-order valence-corrected chi connectivity index (χ1v) is 15.8. The van der Waals surface area contributed by atoms with E-state index in [0.29, 0.717) is 32.9 Å². The standard InChI is InChI=1S/C48H30O/c1-3-13-31(14-4-1)34-24-27-44-42(29-34)43-30-35(25-28-45(43)49-44)47-37-19-9-11-21-39(37)48(40-22-12-10-20-38(40)47)41-26-23-32-15-7-8-18-36(32)46(41)33-16-5-2-6-17-33/h1-30H/i2D,5D,6D,9D,10D,11D,12D,16D,17D,19D,20D,21D,22D. The summed E-state index contributed by atoms with van der Waals surface area (Å²) in [6, 6.07) is 24.2. The van der Waals surface area contributed by atoms with Gasteiger partial charge in [-0.25, -0.2) is 0 Å². The number of furan rings is 1. The third-order valence-corrected chi connectivity index (χ3v) is 9.19.